The lowest BCUT2D eigenvalue weighted by molar-refractivity contribution is 0.679. The molecular formula is C14H11ClN4OS2. The molecule has 0 bridgehead atoms. The van der Waals surface area contributed by atoms with Gasteiger partial charge in [0, 0.05) is 24.0 Å². The van der Waals surface area contributed by atoms with Gasteiger partial charge in [-0.05, 0) is 18.2 Å². The number of hydrogen-bond acceptors (Lipinski definition) is 6. The average molecular weight is 351 g/mol. The molecule has 0 saturated carbocycles. The summed E-state index contributed by atoms with van der Waals surface area (Å²) >= 11 is 7.78. The second kappa shape index (κ2) is 6.51. The van der Waals surface area contributed by atoms with Crippen LogP contribution in [0.3, 0.4) is 0 Å². The van der Waals surface area contributed by atoms with Crippen molar-refractivity contribution < 1.29 is 4.21 Å². The first-order chi connectivity index (χ1) is 10.7. The van der Waals surface area contributed by atoms with Crippen molar-refractivity contribution in [2.45, 2.75) is 5.16 Å². The molecule has 0 saturated heterocycles. The fourth-order valence-electron chi connectivity index (χ4n) is 1.88. The standard InChI is InChI=1S/C14H11ClN4OS2/c1-22(20)13-16-7-6-12(18-13)19(14-17-8-9-21-14)11-5-3-2-4-10(11)15/h2-9H,1H3. The molecule has 0 aliphatic rings. The molecule has 0 fully saturated rings. The lowest BCUT2D eigenvalue weighted by Crippen LogP contribution is -2.13. The minimum atomic E-state index is -1.26. The van der Waals surface area contributed by atoms with E-state index in [1.54, 1.807) is 30.8 Å². The zero-order valence-electron chi connectivity index (χ0n) is 11.5. The van der Waals surface area contributed by atoms with Gasteiger partial charge in [-0.2, -0.15) is 0 Å². The van der Waals surface area contributed by atoms with Gasteiger partial charge in [0.15, 0.2) is 5.13 Å². The van der Waals surface area contributed by atoms with Crippen molar-refractivity contribution in [1.82, 2.24) is 15.0 Å². The molecular weight excluding hydrogens is 340 g/mol. The van der Waals surface area contributed by atoms with Crippen molar-refractivity contribution in [2.24, 2.45) is 0 Å². The molecule has 22 heavy (non-hydrogen) atoms. The predicted octanol–water partition coefficient (Wildman–Crippen LogP) is 3.79. The topological polar surface area (TPSA) is 59.0 Å². The maximum atomic E-state index is 11.6. The van der Waals surface area contributed by atoms with Crippen molar-refractivity contribution in [3.63, 3.8) is 0 Å². The van der Waals surface area contributed by atoms with E-state index >= 15 is 0 Å². The van der Waals surface area contributed by atoms with E-state index < -0.39 is 10.8 Å². The monoisotopic (exact) mass is 350 g/mol. The molecule has 2 heterocycles. The van der Waals surface area contributed by atoms with Gasteiger partial charge < -0.3 is 0 Å². The number of thiazole rings is 1. The Morgan fingerprint density at radius 3 is 2.68 bits per heavy atom. The summed E-state index contributed by atoms with van der Waals surface area (Å²) in [4.78, 5) is 14.6. The molecule has 3 rings (SSSR count). The molecule has 112 valence electrons. The van der Waals surface area contributed by atoms with Gasteiger partial charge in [0.25, 0.3) is 0 Å². The smallest absolute Gasteiger partial charge is 0.220 e. The van der Waals surface area contributed by atoms with Crippen molar-refractivity contribution >= 4 is 50.4 Å². The van der Waals surface area contributed by atoms with E-state index in [9.17, 15) is 4.21 Å². The summed E-state index contributed by atoms with van der Waals surface area (Å²) < 4.78 is 11.6. The minimum absolute atomic E-state index is 0.270. The Bertz CT molecular complexity index is 810. The van der Waals surface area contributed by atoms with Gasteiger partial charge in [-0.1, -0.05) is 23.7 Å². The van der Waals surface area contributed by atoms with E-state index in [0.29, 0.717) is 10.8 Å². The predicted molar refractivity (Wildman–Crippen MR) is 89.7 cm³/mol. The normalized spacial score (nSPS) is 12.1. The van der Waals surface area contributed by atoms with Gasteiger partial charge in [0.1, 0.15) is 5.82 Å². The Labute approximate surface area is 139 Å². The van der Waals surface area contributed by atoms with Crippen LogP contribution < -0.4 is 4.90 Å². The Kier molecular flexibility index (Phi) is 4.47. The van der Waals surface area contributed by atoms with Gasteiger partial charge in [-0.25, -0.2) is 15.0 Å². The van der Waals surface area contributed by atoms with Crippen LogP contribution in [-0.2, 0) is 10.8 Å². The number of rotatable bonds is 4. The number of nitrogens with zero attached hydrogens (tertiary/aromatic N) is 4. The summed E-state index contributed by atoms with van der Waals surface area (Å²) in [6, 6.07) is 9.17. The first kappa shape index (κ1) is 15.1. The van der Waals surface area contributed by atoms with Crippen LogP contribution in [0.1, 0.15) is 0 Å². The molecule has 1 unspecified atom stereocenters. The van der Waals surface area contributed by atoms with Gasteiger partial charge >= 0.3 is 0 Å². The Hall–Kier alpha value is -1.83. The highest BCUT2D eigenvalue weighted by Crippen LogP contribution is 2.38. The first-order valence-electron chi connectivity index (χ1n) is 6.27. The molecule has 5 nitrogen and oxygen atoms in total. The van der Waals surface area contributed by atoms with Crippen LogP contribution in [0.25, 0.3) is 0 Å². The van der Waals surface area contributed by atoms with Crippen molar-refractivity contribution in [3.8, 4) is 0 Å². The molecule has 0 spiro atoms. The Morgan fingerprint density at radius 2 is 2.00 bits per heavy atom. The summed E-state index contributed by atoms with van der Waals surface area (Å²) in [6.07, 6.45) is 4.84. The van der Waals surface area contributed by atoms with E-state index in [-0.39, 0.29) is 5.16 Å². The van der Waals surface area contributed by atoms with E-state index in [4.69, 9.17) is 11.6 Å². The zero-order valence-corrected chi connectivity index (χ0v) is 13.9. The SMILES string of the molecule is CS(=O)c1nccc(N(c2nccs2)c2ccccc2Cl)n1. The zero-order chi connectivity index (χ0) is 15.5. The maximum Gasteiger partial charge on any atom is 0.220 e. The Morgan fingerprint density at radius 1 is 1.18 bits per heavy atom. The van der Waals surface area contributed by atoms with Crippen LogP contribution in [0, 0.1) is 0 Å². The van der Waals surface area contributed by atoms with Crippen LogP contribution in [-0.4, -0.2) is 25.4 Å². The molecule has 0 N–H and O–H groups in total. The third-order valence-corrected chi connectivity index (χ3v) is 4.60. The van der Waals surface area contributed by atoms with Gasteiger partial charge in [0.05, 0.1) is 21.5 Å². The number of aromatic nitrogens is 3. The molecule has 0 aliphatic carbocycles. The molecule has 2 aromatic heterocycles. The molecule has 0 amide bonds. The summed E-state index contributed by atoms with van der Waals surface area (Å²) in [6.45, 7) is 0. The third kappa shape index (κ3) is 3.01. The highest BCUT2D eigenvalue weighted by atomic mass is 35.5. The molecule has 0 aliphatic heterocycles. The lowest BCUT2D eigenvalue weighted by atomic mass is 10.3. The molecule has 8 heteroatoms. The highest BCUT2D eigenvalue weighted by Gasteiger charge is 2.19. The van der Waals surface area contributed by atoms with Crippen LogP contribution in [0.5, 0.6) is 0 Å². The van der Waals surface area contributed by atoms with Crippen LogP contribution in [0.4, 0.5) is 16.6 Å². The Balaban J connectivity index is 2.17. The quantitative estimate of drug-likeness (QED) is 0.670. The molecule has 3 aromatic rings. The second-order valence-corrected chi connectivity index (χ2v) is 6.81. The van der Waals surface area contributed by atoms with E-state index in [0.717, 1.165) is 10.8 Å². The summed E-state index contributed by atoms with van der Waals surface area (Å²) in [5.41, 5.74) is 0.755. The van der Waals surface area contributed by atoms with E-state index in [2.05, 4.69) is 15.0 Å². The number of anilines is 3. The van der Waals surface area contributed by atoms with Gasteiger partial charge in [-0.3, -0.25) is 9.11 Å². The average Bonchev–Trinajstić information content (AvgIpc) is 3.04. The van der Waals surface area contributed by atoms with Gasteiger partial charge in [-0.15, -0.1) is 11.3 Å². The van der Waals surface area contributed by atoms with E-state index in [1.807, 2.05) is 28.5 Å². The van der Waals surface area contributed by atoms with Crippen LogP contribution in [0.15, 0.2) is 53.3 Å². The minimum Gasteiger partial charge on any atom is -0.269 e. The first-order valence-corrected chi connectivity index (χ1v) is 9.09. The number of para-hydroxylation sites is 1. The van der Waals surface area contributed by atoms with Crippen molar-refractivity contribution in [3.05, 3.63) is 53.1 Å². The molecule has 0 radical (unpaired) electrons. The van der Waals surface area contributed by atoms with Crippen molar-refractivity contribution in [2.75, 3.05) is 11.2 Å². The van der Waals surface area contributed by atoms with Crippen LogP contribution >= 0.6 is 22.9 Å². The number of halogens is 1. The number of benzene rings is 1. The fraction of sp³-hybridized carbons (Fsp3) is 0.0714. The number of hydrogen-bond donors (Lipinski definition) is 0. The summed E-state index contributed by atoms with van der Waals surface area (Å²) in [7, 11) is -1.26. The van der Waals surface area contributed by atoms with Gasteiger partial charge in [0.2, 0.25) is 5.16 Å². The largest absolute Gasteiger partial charge is 0.269 e. The molecule has 1 atom stereocenters. The summed E-state index contributed by atoms with van der Waals surface area (Å²) in [5, 5.41) is 3.44. The van der Waals surface area contributed by atoms with E-state index in [1.165, 1.54) is 11.3 Å². The molecule has 1 aromatic carbocycles. The third-order valence-electron chi connectivity index (χ3n) is 2.81. The fourth-order valence-corrected chi connectivity index (χ4v) is 3.19. The maximum absolute atomic E-state index is 11.6. The van der Waals surface area contributed by atoms with Crippen molar-refractivity contribution in [1.29, 1.82) is 0 Å². The second-order valence-electron chi connectivity index (χ2n) is 4.25. The van der Waals surface area contributed by atoms with Crippen LogP contribution in [0.2, 0.25) is 5.02 Å². The lowest BCUT2D eigenvalue weighted by Gasteiger charge is -2.22. The highest BCUT2D eigenvalue weighted by molar-refractivity contribution is 7.84. The summed E-state index contributed by atoms with van der Waals surface area (Å²) in [5.74, 6) is 0.572.